The Morgan fingerprint density at radius 3 is 1.52 bits per heavy atom. The summed E-state index contributed by atoms with van der Waals surface area (Å²) in [6.07, 6.45) is 4.05. The molecule has 0 aliphatic carbocycles. The molecule has 0 bridgehead atoms. The quantitative estimate of drug-likeness (QED) is 0.00845. The van der Waals surface area contributed by atoms with E-state index < -0.39 is 235 Å². The number of aliphatic imine (C=N–C) groups is 1. The standard InChI is InChI=1S/C68H99N21O28P2S/c1-34(2)55(65(106)87-50(31-117-119(113,114)115)63(104)83-44(21-36-10-14-40(92)15-11-36)59(100)81-43(67(108)109)6-4-17-74-68(70)71)88-53(94)28-76-64(105)51-7-5-18-89(51)66(107)47(24-54(95)96)84-61(102)48(29-90)85-58(99)42(16-19-120-3)80-62(103)49(30-116-118(110,111)112)86-60(101)46(23-38-26-73-33-78-38)79-52(93)27-75-57(98)45(22-37-25-72-32-77-37)82-56(97)41(69)20-35-8-12-39(91)13-9-35/h8-15,25-26,32-34,41-51,55,90-92H,4-7,16-24,27-31,69H2,1-3H3,(H,72,77)(H,73,78)(H,75,98)(H,76,105)(H,79,93)(H,80,103)(H,81,100)(H,82,97)(H,83,104)(H,84,102)(H,85,99)(H,86,101)(H,87,106)(H,88,94)(H,95,96)(H,108,109)(H4,70,71,74)(H2,110,111,112)(H2,113,114,115)/t41-,42-,43-,44-,45-,46-,47-,48-,49-,50-,51-,55-/m0/s1. The predicted octanol–water partition coefficient (Wildman–Crippen LogP) is -8.55. The van der Waals surface area contributed by atoms with Crippen molar-refractivity contribution >= 4 is 122 Å². The first-order valence-electron chi connectivity index (χ1n) is 36.7. The van der Waals surface area contributed by atoms with Crippen LogP contribution in [-0.4, -0.2) is 295 Å². The number of carboxylic acid groups (broad SMARTS) is 2. The molecule has 0 saturated carbocycles. The summed E-state index contributed by atoms with van der Waals surface area (Å²) >= 11 is 1.12. The van der Waals surface area contributed by atoms with Gasteiger partial charge in [-0.05, 0) is 91.8 Å². The van der Waals surface area contributed by atoms with E-state index >= 15 is 0 Å². The van der Waals surface area contributed by atoms with Crippen molar-refractivity contribution < 1.29 is 135 Å². The lowest BCUT2D eigenvalue weighted by molar-refractivity contribution is -0.146. The molecule has 1 fully saturated rings. The first-order valence-corrected chi connectivity index (χ1v) is 41.1. The van der Waals surface area contributed by atoms with Crippen molar-refractivity contribution in [1.82, 2.24) is 88.6 Å². The number of phosphoric acid groups is 2. The average molecular weight is 1750 g/mol. The average Bonchev–Trinajstić information content (AvgIpc) is 1.65. The fourth-order valence-electron chi connectivity index (χ4n) is 11.5. The van der Waals surface area contributed by atoms with Crippen molar-refractivity contribution in [3.8, 4) is 11.5 Å². The number of aromatic hydroxyl groups is 2. The number of thioether (sulfide) groups is 1. The number of phenolic OH excluding ortho intramolecular Hbond substituents is 2. The van der Waals surface area contributed by atoms with E-state index in [4.69, 9.17) is 17.2 Å². The number of nitrogens with two attached hydrogens (primary N) is 3. The number of benzene rings is 2. The van der Waals surface area contributed by atoms with Crippen molar-refractivity contribution in [2.45, 2.75) is 151 Å². The summed E-state index contributed by atoms with van der Waals surface area (Å²) in [6.45, 7) is -3.14. The molecule has 120 heavy (non-hydrogen) atoms. The zero-order valence-corrected chi connectivity index (χ0v) is 67.4. The van der Waals surface area contributed by atoms with Crippen molar-refractivity contribution in [2.24, 2.45) is 28.1 Å². The Morgan fingerprint density at radius 1 is 0.567 bits per heavy atom. The minimum atomic E-state index is -5.49. The van der Waals surface area contributed by atoms with Crippen LogP contribution in [-0.2, 0) is 116 Å². The molecule has 12 atom stereocenters. The van der Waals surface area contributed by atoms with Crippen molar-refractivity contribution in [2.75, 3.05) is 58.0 Å². The lowest BCUT2D eigenvalue weighted by Gasteiger charge is -2.29. The number of aliphatic hydroxyl groups is 1. The van der Waals surface area contributed by atoms with E-state index in [-0.39, 0.29) is 92.5 Å². The molecule has 1 aliphatic rings. The molecular weight excluding hydrogens is 1650 g/mol. The van der Waals surface area contributed by atoms with Crippen LogP contribution in [0.2, 0.25) is 0 Å². The number of nitrogens with zero attached hydrogens (tertiary/aromatic N) is 4. The molecule has 5 rings (SSSR count). The highest BCUT2D eigenvalue weighted by atomic mass is 32.2. The van der Waals surface area contributed by atoms with Gasteiger partial charge in [0.2, 0.25) is 76.8 Å². The highest BCUT2D eigenvalue weighted by Crippen LogP contribution is 2.36. The largest absolute Gasteiger partial charge is 0.508 e. The summed E-state index contributed by atoms with van der Waals surface area (Å²) in [4.78, 5) is 262. The Bertz CT molecular complexity index is 4310. The third-order valence-electron chi connectivity index (χ3n) is 17.6. The topological polar surface area (TPSA) is 786 Å². The Kier molecular flexibility index (Phi) is 39.8. The zero-order chi connectivity index (χ0) is 89.1. The number of carbonyl (C=O) groups is 15. The molecule has 49 nitrogen and oxygen atoms in total. The van der Waals surface area contributed by atoms with Gasteiger partial charge in [0, 0.05) is 44.7 Å². The normalized spacial score (nSPS) is 15.4. The summed E-state index contributed by atoms with van der Waals surface area (Å²) in [5.41, 5.74) is 18.1. The number of guanidine groups is 1. The van der Waals surface area contributed by atoms with Gasteiger partial charge in [0.1, 0.15) is 78.0 Å². The molecule has 52 heteroatoms. The van der Waals surface area contributed by atoms with Crippen molar-refractivity contribution in [1.29, 1.82) is 0 Å². The summed E-state index contributed by atoms with van der Waals surface area (Å²) in [7, 11) is -10.9. The van der Waals surface area contributed by atoms with Crippen molar-refractivity contribution in [3.63, 3.8) is 0 Å². The molecule has 660 valence electrons. The van der Waals surface area contributed by atoms with Crippen LogP contribution in [0.4, 0.5) is 0 Å². The lowest BCUT2D eigenvalue weighted by atomic mass is 10.0. The van der Waals surface area contributed by atoms with Gasteiger partial charge in [-0.3, -0.25) is 81.2 Å². The monoisotopic (exact) mass is 1750 g/mol. The predicted molar refractivity (Wildman–Crippen MR) is 417 cm³/mol. The number of carbonyl (C=O) groups excluding carboxylic acids is 13. The van der Waals surface area contributed by atoms with E-state index in [1.165, 1.54) is 87.4 Å². The summed E-state index contributed by atoms with van der Waals surface area (Å²) in [5, 5.41) is 77.4. The van der Waals surface area contributed by atoms with Gasteiger partial charge in [-0.1, -0.05) is 38.1 Å². The number of phosphoric ester groups is 2. The Labute approximate surface area is 687 Å². The molecule has 2 aromatic heterocycles. The SMILES string of the molecule is CSCC[C@H](NC(=O)[C@H](COP(=O)(O)O)NC(=O)[C@H](Cc1c[nH]cn1)NC(=O)CNC(=O)[C@H](Cc1c[nH]cn1)NC(=O)[C@@H](N)Cc1ccc(O)cc1)C(=O)N[C@@H](CO)C(=O)N[C@@H](CC(=O)O)C(=O)N1CCC[C@H]1C(=O)NCC(=O)N[C@H](C(=O)N[C@@H](COP(=O)(O)O)C(=O)N[C@@H](Cc1ccc(O)cc1)C(=O)N[C@@H](CCCN=C(N)N)C(=O)O)C(C)C. The van der Waals surface area contributed by atoms with Crippen LogP contribution in [0.3, 0.4) is 0 Å². The van der Waals surface area contributed by atoms with Gasteiger partial charge in [-0.15, -0.1) is 0 Å². The second-order valence-electron chi connectivity index (χ2n) is 27.3. The molecule has 0 unspecified atom stereocenters. The number of aromatic nitrogens is 4. The Morgan fingerprint density at radius 2 is 1.02 bits per heavy atom. The number of H-pyrrole nitrogens is 2. The van der Waals surface area contributed by atoms with Crippen LogP contribution in [0.1, 0.15) is 74.9 Å². The van der Waals surface area contributed by atoms with Gasteiger partial charge < -0.3 is 141 Å². The van der Waals surface area contributed by atoms with E-state index in [1.807, 2.05) is 0 Å². The molecule has 2 aromatic carbocycles. The number of likely N-dealkylation sites (tertiary alicyclic amines) is 1. The van der Waals surface area contributed by atoms with Gasteiger partial charge in [0.05, 0.1) is 69.4 Å². The third kappa shape index (κ3) is 35.1. The summed E-state index contributed by atoms with van der Waals surface area (Å²) in [6, 6.07) is -9.83. The van der Waals surface area contributed by atoms with Gasteiger partial charge in [0.15, 0.2) is 5.96 Å². The number of rotatable bonds is 51. The maximum atomic E-state index is 14.3. The fraction of sp³-hybridized carbons (Fsp3) is 0.500. The summed E-state index contributed by atoms with van der Waals surface area (Å²) in [5.74, 6) is -19.6. The van der Waals surface area contributed by atoms with Gasteiger partial charge in [0.25, 0.3) is 0 Å². The smallest absolute Gasteiger partial charge is 0.469 e. The zero-order valence-electron chi connectivity index (χ0n) is 64.8. The first-order chi connectivity index (χ1) is 56.5. The van der Waals surface area contributed by atoms with E-state index in [0.717, 1.165) is 16.7 Å². The number of nitrogens with one attached hydrogen (secondary N) is 14. The first kappa shape index (κ1) is 98.8. The number of aliphatic carboxylic acids is 2. The van der Waals surface area contributed by atoms with Crippen LogP contribution in [0.5, 0.6) is 11.5 Å². The highest BCUT2D eigenvalue weighted by Gasteiger charge is 2.42. The molecule has 3 heterocycles. The molecular formula is C68H99N21O28P2S. The van der Waals surface area contributed by atoms with Crippen LogP contribution in [0, 0.1) is 5.92 Å². The van der Waals surface area contributed by atoms with Crippen LogP contribution >= 0.6 is 27.4 Å². The molecule has 0 spiro atoms. The maximum Gasteiger partial charge on any atom is 0.469 e. The van der Waals surface area contributed by atoms with Crippen LogP contribution < -0.4 is 81.0 Å². The van der Waals surface area contributed by atoms with Crippen LogP contribution in [0.15, 0.2) is 78.6 Å². The number of amides is 13. The minimum absolute atomic E-state index is 0.0105. The Hall–Kier alpha value is -11.7. The van der Waals surface area contributed by atoms with Gasteiger partial charge in [-0.25, -0.2) is 23.9 Å². The second-order valence-corrected chi connectivity index (χ2v) is 30.8. The molecule has 4 aromatic rings. The number of imidazole rings is 2. The number of aromatic amines is 2. The minimum Gasteiger partial charge on any atom is -0.508 e. The van der Waals surface area contributed by atoms with Crippen LogP contribution in [0.25, 0.3) is 0 Å². The fourth-order valence-corrected chi connectivity index (χ4v) is 12.7. The maximum absolute atomic E-state index is 14.3. The molecule has 1 aliphatic heterocycles. The number of hydrogen-bond donors (Lipinski definition) is 26. The Balaban J connectivity index is 1.25. The van der Waals surface area contributed by atoms with E-state index in [2.05, 4.69) is 97.8 Å². The molecule has 0 radical (unpaired) electrons. The van der Waals surface area contributed by atoms with Crippen molar-refractivity contribution in [3.05, 3.63) is 96.1 Å². The number of hydrogen-bond acceptors (Lipinski definition) is 27. The number of phenols is 2. The third-order valence-corrected chi connectivity index (χ3v) is 19.2. The molecule has 13 amide bonds. The summed E-state index contributed by atoms with van der Waals surface area (Å²) < 4.78 is 33.2. The number of carboxylic acids is 2. The molecule has 1 saturated heterocycles. The van der Waals surface area contributed by atoms with Gasteiger partial charge in [-0.2, -0.15) is 11.8 Å². The molecule has 29 N–H and O–H groups in total. The van der Waals surface area contributed by atoms with E-state index in [9.17, 15) is 126 Å². The van der Waals surface area contributed by atoms with E-state index in [1.54, 1.807) is 6.26 Å². The van der Waals surface area contributed by atoms with Gasteiger partial charge >= 0.3 is 27.6 Å². The number of aliphatic hydroxyl groups excluding tert-OH is 1. The van der Waals surface area contributed by atoms with E-state index in [0.29, 0.717) is 11.3 Å². The lowest BCUT2D eigenvalue weighted by Crippen LogP contribution is -2.61. The second kappa shape index (κ2) is 48.4. The highest BCUT2D eigenvalue weighted by molar-refractivity contribution is 7.98.